The van der Waals surface area contributed by atoms with Crippen molar-refractivity contribution in [3.63, 3.8) is 0 Å². The molecule has 0 spiro atoms. The molecule has 7 nitrogen and oxygen atoms in total. The van der Waals surface area contributed by atoms with Crippen LogP contribution < -0.4 is 19.6 Å². The van der Waals surface area contributed by atoms with E-state index in [4.69, 9.17) is 34.6 Å². The molecule has 0 atom stereocenters. The van der Waals surface area contributed by atoms with E-state index >= 15 is 0 Å². The molecule has 4 aromatic rings. The lowest BCUT2D eigenvalue weighted by Crippen LogP contribution is -2.16. The number of methoxy groups -OCH3 is 2. The summed E-state index contributed by atoms with van der Waals surface area (Å²) in [6.45, 7) is 0. The lowest BCUT2D eigenvalue weighted by atomic mass is 10.1. The van der Waals surface area contributed by atoms with Crippen molar-refractivity contribution in [2.75, 3.05) is 14.2 Å². The van der Waals surface area contributed by atoms with E-state index in [0.29, 0.717) is 22.1 Å². The third-order valence-corrected chi connectivity index (χ3v) is 4.61. The summed E-state index contributed by atoms with van der Waals surface area (Å²) in [4.78, 5) is 25.6. The predicted octanol–water partition coefficient (Wildman–Crippen LogP) is 4.94. The van der Waals surface area contributed by atoms with Gasteiger partial charge in [-0.25, -0.2) is 4.79 Å². The Morgan fingerprint density at radius 1 is 1.00 bits per heavy atom. The zero-order valence-electron chi connectivity index (χ0n) is 15.9. The fourth-order valence-electron chi connectivity index (χ4n) is 2.95. The minimum atomic E-state index is -0.838. The lowest BCUT2D eigenvalue weighted by molar-refractivity contribution is 0.0698. The molecule has 0 aliphatic rings. The Hall–Kier alpha value is -3.71. The third kappa shape index (κ3) is 3.51. The highest BCUT2D eigenvalue weighted by atomic mass is 35.5. The maximum Gasteiger partial charge on any atom is 0.379 e. The van der Waals surface area contributed by atoms with Gasteiger partial charge in [0.25, 0.3) is 0 Å². The van der Waals surface area contributed by atoms with Crippen molar-refractivity contribution in [2.24, 2.45) is 0 Å². The summed E-state index contributed by atoms with van der Waals surface area (Å²) >= 11 is 6.03. The largest absolute Gasteiger partial charge is 0.493 e. The summed E-state index contributed by atoms with van der Waals surface area (Å²) in [6, 6.07) is 12.5. The average molecular weight is 427 g/mol. The highest BCUT2D eigenvalue weighted by Gasteiger charge is 2.23. The third-order valence-electron chi connectivity index (χ3n) is 4.37. The van der Waals surface area contributed by atoms with E-state index in [0.717, 1.165) is 0 Å². The fraction of sp³-hybridized carbons (Fsp3) is 0.0909. The first-order chi connectivity index (χ1) is 14.5. The molecule has 4 rings (SSSR count). The SMILES string of the molecule is COc1ccc(-c2oc3ccc(Cl)cc3c(=O)c2OC(=O)c2ccco2)cc1OC. The van der Waals surface area contributed by atoms with Crippen LogP contribution in [0, 0.1) is 0 Å². The summed E-state index contributed by atoms with van der Waals surface area (Å²) < 4.78 is 27.0. The first kappa shape index (κ1) is 19.6. The molecule has 0 saturated carbocycles. The fourth-order valence-corrected chi connectivity index (χ4v) is 3.12. The average Bonchev–Trinajstić information content (AvgIpc) is 3.30. The van der Waals surface area contributed by atoms with E-state index in [1.807, 2.05) is 0 Å². The van der Waals surface area contributed by atoms with Gasteiger partial charge in [-0.05, 0) is 48.5 Å². The second-order valence-electron chi connectivity index (χ2n) is 6.17. The topological polar surface area (TPSA) is 88.1 Å². The quantitative estimate of drug-likeness (QED) is 0.417. The van der Waals surface area contributed by atoms with Gasteiger partial charge in [-0.2, -0.15) is 0 Å². The van der Waals surface area contributed by atoms with Gasteiger partial charge in [0, 0.05) is 10.6 Å². The van der Waals surface area contributed by atoms with Crippen LogP contribution in [0.1, 0.15) is 10.6 Å². The van der Waals surface area contributed by atoms with Crippen LogP contribution in [0.25, 0.3) is 22.3 Å². The number of esters is 1. The van der Waals surface area contributed by atoms with E-state index < -0.39 is 11.4 Å². The van der Waals surface area contributed by atoms with Crippen LogP contribution in [-0.4, -0.2) is 20.2 Å². The Balaban J connectivity index is 1.94. The highest BCUT2D eigenvalue weighted by Crippen LogP contribution is 2.37. The molecular weight excluding hydrogens is 412 g/mol. The monoisotopic (exact) mass is 426 g/mol. The van der Waals surface area contributed by atoms with Gasteiger partial charge in [0.15, 0.2) is 17.3 Å². The molecule has 8 heteroatoms. The van der Waals surface area contributed by atoms with Gasteiger partial charge < -0.3 is 23.0 Å². The first-order valence-electron chi connectivity index (χ1n) is 8.76. The van der Waals surface area contributed by atoms with E-state index in [-0.39, 0.29) is 28.2 Å². The molecule has 0 fully saturated rings. The normalized spacial score (nSPS) is 10.8. The molecule has 2 heterocycles. The smallest absolute Gasteiger partial charge is 0.379 e. The van der Waals surface area contributed by atoms with Gasteiger partial charge in [-0.1, -0.05) is 11.6 Å². The molecule has 2 aromatic heterocycles. The van der Waals surface area contributed by atoms with Gasteiger partial charge in [0.1, 0.15) is 5.58 Å². The standard InChI is InChI=1S/C22H15ClO7/c1-26-16-7-5-12(10-18(16)27-2)20-21(30-22(25)17-4-3-9-28-17)19(24)14-11-13(23)6-8-15(14)29-20/h3-11H,1-2H3. The Labute approximate surface area is 175 Å². The summed E-state index contributed by atoms with van der Waals surface area (Å²) in [5.41, 5.74) is 0.180. The number of carbonyl (C=O) groups is 1. The van der Waals surface area contributed by atoms with Crippen molar-refractivity contribution < 1.29 is 27.8 Å². The molecular formula is C22H15ClO7. The number of rotatable bonds is 5. The van der Waals surface area contributed by atoms with Gasteiger partial charge in [-0.15, -0.1) is 0 Å². The van der Waals surface area contributed by atoms with Crippen molar-refractivity contribution in [2.45, 2.75) is 0 Å². The maximum atomic E-state index is 13.2. The van der Waals surface area contributed by atoms with E-state index in [9.17, 15) is 9.59 Å². The number of fused-ring (bicyclic) bond motifs is 1. The van der Waals surface area contributed by atoms with Crippen molar-refractivity contribution in [3.8, 4) is 28.6 Å². The number of ether oxygens (including phenoxy) is 3. The van der Waals surface area contributed by atoms with Gasteiger partial charge in [0.2, 0.25) is 16.9 Å². The zero-order valence-corrected chi connectivity index (χ0v) is 16.7. The van der Waals surface area contributed by atoms with Gasteiger partial charge in [-0.3, -0.25) is 4.79 Å². The minimum absolute atomic E-state index is 0.0516. The van der Waals surface area contributed by atoms with E-state index in [1.54, 1.807) is 30.3 Å². The minimum Gasteiger partial charge on any atom is -0.493 e. The van der Waals surface area contributed by atoms with Crippen molar-refractivity contribution >= 4 is 28.5 Å². The van der Waals surface area contributed by atoms with Crippen molar-refractivity contribution in [1.82, 2.24) is 0 Å². The number of furan rings is 1. The number of carbonyl (C=O) groups excluding carboxylic acids is 1. The highest BCUT2D eigenvalue weighted by molar-refractivity contribution is 6.31. The summed E-state index contributed by atoms with van der Waals surface area (Å²) in [5.74, 6) is -0.231. The van der Waals surface area contributed by atoms with Crippen LogP contribution in [0.5, 0.6) is 17.2 Å². The van der Waals surface area contributed by atoms with Crippen molar-refractivity contribution in [3.05, 3.63) is 75.8 Å². The van der Waals surface area contributed by atoms with Crippen LogP contribution in [0.2, 0.25) is 5.02 Å². The summed E-state index contributed by atoms with van der Waals surface area (Å²) in [7, 11) is 2.99. The first-order valence-corrected chi connectivity index (χ1v) is 9.14. The molecule has 0 radical (unpaired) electrons. The van der Waals surface area contributed by atoms with Crippen LogP contribution in [0.4, 0.5) is 0 Å². The second-order valence-corrected chi connectivity index (χ2v) is 6.60. The summed E-state index contributed by atoms with van der Waals surface area (Å²) in [6.07, 6.45) is 1.33. The molecule has 0 amide bonds. The Bertz CT molecular complexity index is 1290. The molecule has 0 unspecified atom stereocenters. The van der Waals surface area contributed by atoms with Crippen LogP contribution in [0.15, 0.2) is 68.4 Å². The predicted molar refractivity (Wildman–Crippen MR) is 110 cm³/mol. The molecule has 0 bridgehead atoms. The Morgan fingerprint density at radius 3 is 2.50 bits per heavy atom. The van der Waals surface area contributed by atoms with Gasteiger partial charge >= 0.3 is 5.97 Å². The molecule has 30 heavy (non-hydrogen) atoms. The Morgan fingerprint density at radius 2 is 1.80 bits per heavy atom. The number of benzene rings is 2. The van der Waals surface area contributed by atoms with Crippen molar-refractivity contribution in [1.29, 1.82) is 0 Å². The second kappa shape index (κ2) is 7.96. The van der Waals surface area contributed by atoms with Gasteiger partial charge in [0.05, 0.1) is 25.9 Å². The number of halogens is 1. The summed E-state index contributed by atoms with van der Waals surface area (Å²) in [5, 5.41) is 0.519. The molecule has 0 saturated heterocycles. The number of hydrogen-bond acceptors (Lipinski definition) is 7. The van der Waals surface area contributed by atoms with Crippen LogP contribution in [-0.2, 0) is 0 Å². The molecule has 0 N–H and O–H groups in total. The zero-order chi connectivity index (χ0) is 21.3. The van der Waals surface area contributed by atoms with Crippen LogP contribution in [0.3, 0.4) is 0 Å². The molecule has 0 aliphatic carbocycles. The lowest BCUT2D eigenvalue weighted by Gasteiger charge is -2.12. The van der Waals surface area contributed by atoms with E-state index in [1.165, 1.54) is 38.7 Å². The Kier molecular flexibility index (Phi) is 5.20. The molecule has 152 valence electrons. The maximum absolute atomic E-state index is 13.2. The molecule has 0 aliphatic heterocycles. The van der Waals surface area contributed by atoms with E-state index in [2.05, 4.69) is 0 Å². The van der Waals surface area contributed by atoms with Crippen LogP contribution >= 0.6 is 11.6 Å². The number of hydrogen-bond donors (Lipinski definition) is 0. The molecule has 2 aromatic carbocycles.